The molecular weight excluding hydrogens is 389 g/mol. The summed E-state index contributed by atoms with van der Waals surface area (Å²) in [5, 5.41) is -0.603. The highest BCUT2D eigenvalue weighted by molar-refractivity contribution is 7.38. The Hall–Kier alpha value is -0.500. The molecule has 0 saturated heterocycles. The molecule has 0 amide bonds. The van der Waals surface area contributed by atoms with Gasteiger partial charge in [-0.3, -0.25) is 4.48 Å². The topological polar surface area (TPSA) is 40.1 Å². The number of nitrogens with zero attached hydrogens (tertiary/aromatic N) is 1. The van der Waals surface area contributed by atoms with Gasteiger partial charge in [-0.1, -0.05) is 81.1 Å². The molecule has 0 fully saturated rings. The molecule has 2 unspecified atom stereocenters. The number of quaternary nitrogens is 1. The molecule has 2 atom stereocenters. The summed E-state index contributed by atoms with van der Waals surface area (Å²) in [6.07, 6.45) is 27.2. The van der Waals surface area contributed by atoms with E-state index in [1.165, 1.54) is 77.0 Å². The molecule has 0 N–H and O–H groups in total. The summed E-state index contributed by atoms with van der Waals surface area (Å²) >= 11 is 0. The third-order valence-corrected chi connectivity index (χ3v) is 8.37. The normalized spacial score (nSPS) is 14.8. The minimum atomic E-state index is -2.42. The highest BCUT2D eigenvalue weighted by Gasteiger charge is 2.52. The summed E-state index contributed by atoms with van der Waals surface area (Å²) in [5.41, 5.74) is 0. The van der Waals surface area contributed by atoms with Gasteiger partial charge >= 0.3 is 8.03 Å². The van der Waals surface area contributed by atoms with Crippen molar-refractivity contribution in [1.82, 2.24) is 0 Å². The monoisotopic (exact) mass is 440 g/mol. The van der Waals surface area contributed by atoms with Crippen LogP contribution in [0.25, 0.3) is 0 Å². The number of hydrogen-bond acceptors (Lipinski definition) is 2. The molecule has 0 aromatic rings. The summed E-state index contributed by atoms with van der Waals surface area (Å²) in [7, 11) is 3.61. The zero-order valence-corrected chi connectivity index (χ0v) is 21.6. The lowest BCUT2D eigenvalue weighted by molar-refractivity contribution is -0.910. The molecule has 0 aliphatic heterocycles. The second kappa shape index (κ2) is 18.1. The molecule has 4 heteroatoms. The van der Waals surface area contributed by atoms with Crippen LogP contribution in [0.5, 0.6) is 0 Å². The molecule has 0 aliphatic rings. The summed E-state index contributed by atoms with van der Waals surface area (Å²) in [6, 6.07) is 0. The van der Waals surface area contributed by atoms with Gasteiger partial charge in [0.25, 0.3) is 5.28 Å². The Bertz CT molecular complexity index is 470. The van der Waals surface area contributed by atoms with Crippen LogP contribution in [0.4, 0.5) is 0 Å². The highest BCUT2D eigenvalue weighted by Crippen LogP contribution is 2.44. The van der Waals surface area contributed by atoms with Crippen LogP contribution in [0.15, 0.2) is 24.8 Å². The zero-order chi connectivity index (χ0) is 22.7. The van der Waals surface area contributed by atoms with E-state index in [-0.39, 0.29) is 0 Å². The smallest absolute Gasteiger partial charge is 0.376 e. The van der Waals surface area contributed by atoms with Crippen LogP contribution in [0, 0.1) is 0 Å². The first-order valence-corrected chi connectivity index (χ1v) is 13.7. The maximum atomic E-state index is 11.9. The Morgan fingerprint density at radius 3 is 1.53 bits per heavy atom. The predicted octanol–water partition coefficient (Wildman–Crippen LogP) is 7.89. The molecule has 176 valence electrons. The van der Waals surface area contributed by atoms with Crippen molar-refractivity contribution in [2.75, 3.05) is 21.1 Å². The summed E-state index contributed by atoms with van der Waals surface area (Å²) < 4.78 is 12.4. The van der Waals surface area contributed by atoms with Gasteiger partial charge in [0, 0.05) is 12.8 Å². The number of allylic oxidation sites excluding steroid dienone is 3. The van der Waals surface area contributed by atoms with Gasteiger partial charge in [-0.05, 0) is 44.9 Å². The summed E-state index contributed by atoms with van der Waals surface area (Å²) in [4.78, 5) is 11.9. The molecule has 0 aromatic carbocycles. The van der Waals surface area contributed by atoms with E-state index in [0.29, 0.717) is 10.9 Å². The van der Waals surface area contributed by atoms with Crippen molar-refractivity contribution in [1.29, 1.82) is 0 Å². The Kier molecular flexibility index (Phi) is 17.8. The molecule has 0 saturated carbocycles. The van der Waals surface area contributed by atoms with E-state index in [4.69, 9.17) is 0 Å². The SMILES string of the molecule is C=CCCCCCCC=CCCCCCCCCCCC(CC)([P+](=O)[O-])[N+](C)(C)C. The Balaban J connectivity index is 3.59. The molecule has 0 spiro atoms. The fraction of sp³-hybridized carbons (Fsp3) is 0.846. The molecule has 30 heavy (non-hydrogen) atoms. The second-order valence-electron chi connectivity index (χ2n) is 9.72. The van der Waals surface area contributed by atoms with E-state index in [1.54, 1.807) is 0 Å². The molecule has 0 aliphatic carbocycles. The quantitative estimate of drug-likeness (QED) is 0.0788. The molecule has 3 nitrogen and oxygen atoms in total. The van der Waals surface area contributed by atoms with E-state index >= 15 is 0 Å². The van der Waals surface area contributed by atoms with Crippen LogP contribution in [0.3, 0.4) is 0 Å². The van der Waals surface area contributed by atoms with Crippen molar-refractivity contribution >= 4 is 8.03 Å². The fourth-order valence-electron chi connectivity index (χ4n) is 4.32. The van der Waals surface area contributed by atoms with Gasteiger partial charge in [0.15, 0.2) is 0 Å². The van der Waals surface area contributed by atoms with Crippen LogP contribution in [0.1, 0.15) is 116 Å². The van der Waals surface area contributed by atoms with Crippen LogP contribution in [-0.2, 0) is 4.57 Å². The Morgan fingerprint density at radius 2 is 1.17 bits per heavy atom. The standard InChI is InChI=1S/C26H51NO2P/c1-6-8-9-10-11-12-13-14-15-16-17-18-19-20-21-22-23-24-25-26(7-2,30(28)29)27(3,4)5/h6,14-15H,1,7-13,16-25H2,2-5H3/q+1. The van der Waals surface area contributed by atoms with Crippen LogP contribution in [0.2, 0.25) is 0 Å². The van der Waals surface area contributed by atoms with Gasteiger partial charge in [-0.15, -0.1) is 6.58 Å². The van der Waals surface area contributed by atoms with Crippen LogP contribution in [-0.4, -0.2) is 30.9 Å². The van der Waals surface area contributed by atoms with Crippen LogP contribution < -0.4 is 4.89 Å². The van der Waals surface area contributed by atoms with Crippen molar-refractivity contribution < 1.29 is 13.9 Å². The largest absolute Gasteiger partial charge is 0.590 e. The lowest BCUT2D eigenvalue weighted by Gasteiger charge is -2.39. The Labute approximate surface area is 189 Å². The molecule has 0 heterocycles. The van der Waals surface area contributed by atoms with Crippen molar-refractivity contribution in [3.63, 3.8) is 0 Å². The average molecular weight is 441 g/mol. The number of rotatable bonds is 21. The van der Waals surface area contributed by atoms with E-state index < -0.39 is 13.3 Å². The van der Waals surface area contributed by atoms with Crippen molar-refractivity contribution in [3.8, 4) is 0 Å². The van der Waals surface area contributed by atoms with Crippen molar-refractivity contribution in [2.24, 2.45) is 0 Å². The third-order valence-electron chi connectivity index (χ3n) is 6.55. The van der Waals surface area contributed by atoms with Crippen molar-refractivity contribution in [2.45, 2.75) is 121 Å². The first-order valence-electron chi connectivity index (χ1n) is 12.5. The average Bonchev–Trinajstić information content (AvgIpc) is 2.68. The summed E-state index contributed by atoms with van der Waals surface area (Å²) in [5.74, 6) is 0. The maximum absolute atomic E-state index is 11.9. The Morgan fingerprint density at radius 1 is 0.767 bits per heavy atom. The second-order valence-corrected chi connectivity index (χ2v) is 11.1. The van der Waals surface area contributed by atoms with E-state index in [2.05, 4.69) is 18.7 Å². The minimum Gasteiger partial charge on any atom is -0.590 e. The van der Waals surface area contributed by atoms with Gasteiger partial charge in [0.05, 0.1) is 21.1 Å². The van der Waals surface area contributed by atoms with E-state index in [0.717, 1.165) is 25.7 Å². The first kappa shape index (κ1) is 29.5. The zero-order valence-electron chi connectivity index (χ0n) is 20.7. The lowest BCUT2D eigenvalue weighted by atomic mass is 10.0. The molecule has 0 rings (SSSR count). The molecular formula is C26H51NO2P+. The highest BCUT2D eigenvalue weighted by atomic mass is 31.1. The number of hydrogen-bond donors (Lipinski definition) is 0. The molecule has 0 bridgehead atoms. The van der Waals surface area contributed by atoms with Crippen molar-refractivity contribution in [3.05, 3.63) is 24.8 Å². The van der Waals surface area contributed by atoms with Gasteiger partial charge in [-0.2, -0.15) is 0 Å². The van der Waals surface area contributed by atoms with Gasteiger partial charge in [0.1, 0.15) is 0 Å². The van der Waals surface area contributed by atoms with E-state index in [9.17, 15) is 9.46 Å². The van der Waals surface area contributed by atoms with Gasteiger partial charge < -0.3 is 4.89 Å². The van der Waals surface area contributed by atoms with Gasteiger partial charge in [0.2, 0.25) is 0 Å². The lowest BCUT2D eigenvalue weighted by Crippen LogP contribution is -2.55. The molecule has 0 aromatic heterocycles. The van der Waals surface area contributed by atoms with Gasteiger partial charge in [-0.25, -0.2) is 0 Å². The predicted molar refractivity (Wildman–Crippen MR) is 132 cm³/mol. The third kappa shape index (κ3) is 13.0. The summed E-state index contributed by atoms with van der Waals surface area (Å²) in [6.45, 7) is 5.77. The number of unbranched alkanes of at least 4 members (excludes halogenated alkanes) is 13. The molecule has 0 radical (unpaired) electrons. The minimum absolute atomic E-state index is 0.506. The van der Waals surface area contributed by atoms with E-state index in [1.807, 2.05) is 34.1 Å². The maximum Gasteiger partial charge on any atom is 0.376 e. The first-order chi connectivity index (χ1) is 14.3. The van der Waals surface area contributed by atoms with Crippen LogP contribution >= 0.6 is 8.03 Å². The fourth-order valence-corrected chi connectivity index (χ4v) is 5.41.